The van der Waals surface area contributed by atoms with Gasteiger partial charge in [0.15, 0.2) is 5.82 Å². The second-order valence-corrected chi connectivity index (χ2v) is 9.74. The lowest BCUT2D eigenvalue weighted by molar-refractivity contribution is 0.160. The molecule has 2 aromatic carbocycles. The second-order valence-electron chi connectivity index (χ2n) is 9.74. The maximum Gasteiger partial charge on any atom is 0.151 e. The van der Waals surface area contributed by atoms with E-state index in [9.17, 15) is 10.2 Å². The van der Waals surface area contributed by atoms with Crippen LogP contribution >= 0.6 is 0 Å². The van der Waals surface area contributed by atoms with Crippen LogP contribution < -0.4 is 10.2 Å². The molecule has 0 spiro atoms. The first kappa shape index (κ1) is 20.4. The number of phenolic OH excluding ortho intramolecular Hbond substituents is 2. The fraction of sp³-hybridized carbons (Fsp3) is 0.417. The largest absolute Gasteiger partial charge is 0.508 e. The number of nitrogens with one attached hydrogen (secondary N) is 1. The van der Waals surface area contributed by atoms with E-state index in [-0.39, 0.29) is 22.6 Å². The zero-order valence-corrected chi connectivity index (χ0v) is 18.3. The number of aromatic nitrogens is 2. The Morgan fingerprint density at radius 2 is 1.60 bits per heavy atom. The molecular formula is C24H30N4O2. The van der Waals surface area contributed by atoms with Crippen LogP contribution in [0.4, 0.5) is 5.82 Å². The van der Waals surface area contributed by atoms with Crippen LogP contribution in [0.2, 0.25) is 0 Å². The van der Waals surface area contributed by atoms with Crippen molar-refractivity contribution >= 4 is 16.6 Å². The summed E-state index contributed by atoms with van der Waals surface area (Å²) in [7, 11) is 2.08. The highest BCUT2D eigenvalue weighted by atomic mass is 16.3. The van der Waals surface area contributed by atoms with Gasteiger partial charge in [0.1, 0.15) is 11.5 Å². The van der Waals surface area contributed by atoms with Crippen molar-refractivity contribution in [2.45, 2.75) is 57.7 Å². The number of hydrogen-bond donors (Lipinski definition) is 3. The van der Waals surface area contributed by atoms with E-state index < -0.39 is 0 Å². The van der Waals surface area contributed by atoms with Crippen molar-refractivity contribution in [2.24, 2.45) is 0 Å². The first-order valence-corrected chi connectivity index (χ1v) is 10.4. The minimum Gasteiger partial charge on any atom is -0.508 e. The number of piperidine rings is 1. The third-order valence-corrected chi connectivity index (χ3v) is 5.94. The maximum atomic E-state index is 10.5. The molecule has 30 heavy (non-hydrogen) atoms. The number of fused-ring (bicyclic) bond motifs is 1. The fourth-order valence-corrected chi connectivity index (χ4v) is 4.86. The summed E-state index contributed by atoms with van der Waals surface area (Å²) < 4.78 is 0. The van der Waals surface area contributed by atoms with Crippen LogP contribution in [0.25, 0.3) is 22.0 Å². The van der Waals surface area contributed by atoms with E-state index in [0.717, 1.165) is 29.4 Å². The van der Waals surface area contributed by atoms with Gasteiger partial charge in [-0.1, -0.05) is 6.07 Å². The molecule has 0 bridgehead atoms. The van der Waals surface area contributed by atoms with Gasteiger partial charge in [-0.25, -0.2) is 0 Å². The Morgan fingerprint density at radius 3 is 2.23 bits per heavy atom. The number of hydrogen-bond acceptors (Lipinski definition) is 6. The Bertz CT molecular complexity index is 1060. The third kappa shape index (κ3) is 4.05. The number of anilines is 1. The van der Waals surface area contributed by atoms with E-state index in [4.69, 9.17) is 0 Å². The summed E-state index contributed by atoms with van der Waals surface area (Å²) in [6, 6.07) is 12.8. The van der Waals surface area contributed by atoms with Crippen LogP contribution in [0.3, 0.4) is 0 Å². The average Bonchev–Trinajstić information content (AvgIpc) is 2.64. The molecule has 1 saturated heterocycles. The summed E-state index contributed by atoms with van der Waals surface area (Å²) in [6.07, 6.45) is 2.04. The van der Waals surface area contributed by atoms with E-state index >= 15 is 0 Å². The van der Waals surface area contributed by atoms with Crippen molar-refractivity contribution < 1.29 is 10.2 Å². The molecule has 1 aliphatic heterocycles. The molecule has 1 fully saturated rings. The quantitative estimate of drug-likeness (QED) is 0.596. The standard InChI is InChI=1S/C24H30N4O2/c1-23(2)13-17(14-24(3,4)27-23)28(5)22-9-8-20(25-26-22)19-11-15-6-7-18(29)10-16(15)12-21(19)30/h6-12,17,27,29-30H,13-14H2,1-5H3. The number of aromatic hydroxyl groups is 2. The smallest absolute Gasteiger partial charge is 0.151 e. The first-order chi connectivity index (χ1) is 14.0. The highest BCUT2D eigenvalue weighted by Gasteiger charge is 2.39. The van der Waals surface area contributed by atoms with E-state index in [1.165, 1.54) is 0 Å². The van der Waals surface area contributed by atoms with Gasteiger partial charge in [0, 0.05) is 29.7 Å². The lowest BCUT2D eigenvalue weighted by Gasteiger charge is -2.49. The van der Waals surface area contributed by atoms with Crippen molar-refractivity contribution in [1.82, 2.24) is 15.5 Å². The van der Waals surface area contributed by atoms with Crippen LogP contribution in [0.5, 0.6) is 11.5 Å². The molecule has 0 radical (unpaired) electrons. The van der Waals surface area contributed by atoms with Gasteiger partial charge < -0.3 is 20.4 Å². The van der Waals surface area contributed by atoms with Crippen LogP contribution in [-0.2, 0) is 0 Å². The molecule has 2 heterocycles. The third-order valence-electron chi connectivity index (χ3n) is 5.94. The van der Waals surface area contributed by atoms with Crippen molar-refractivity contribution in [3.8, 4) is 22.8 Å². The van der Waals surface area contributed by atoms with Crippen molar-refractivity contribution in [3.05, 3.63) is 42.5 Å². The van der Waals surface area contributed by atoms with Crippen molar-refractivity contribution in [3.63, 3.8) is 0 Å². The summed E-state index contributed by atoms with van der Waals surface area (Å²) in [5.74, 6) is 1.11. The van der Waals surface area contributed by atoms with Crippen LogP contribution in [-0.4, -0.2) is 44.6 Å². The van der Waals surface area contributed by atoms with Crippen molar-refractivity contribution in [1.29, 1.82) is 0 Å². The summed E-state index contributed by atoms with van der Waals surface area (Å²) in [5, 5.41) is 34.4. The maximum absolute atomic E-state index is 10.5. The van der Waals surface area contributed by atoms with Gasteiger partial charge in [0.05, 0.1) is 5.69 Å². The molecule has 1 aromatic heterocycles. The molecule has 0 amide bonds. The number of phenols is 2. The Labute approximate surface area is 177 Å². The van der Waals surface area contributed by atoms with Crippen LogP contribution in [0, 0.1) is 0 Å². The molecule has 0 atom stereocenters. The molecule has 4 rings (SSSR count). The Morgan fingerprint density at radius 1 is 0.900 bits per heavy atom. The highest BCUT2D eigenvalue weighted by Crippen LogP contribution is 2.35. The van der Waals surface area contributed by atoms with Crippen molar-refractivity contribution in [2.75, 3.05) is 11.9 Å². The first-order valence-electron chi connectivity index (χ1n) is 10.4. The molecular weight excluding hydrogens is 376 g/mol. The Kier molecular flexibility index (Phi) is 4.85. The predicted octanol–water partition coefficient (Wildman–Crippen LogP) is 4.45. The highest BCUT2D eigenvalue weighted by molar-refractivity contribution is 5.90. The van der Waals surface area contributed by atoms with Gasteiger partial charge >= 0.3 is 0 Å². The predicted molar refractivity (Wildman–Crippen MR) is 121 cm³/mol. The topological polar surface area (TPSA) is 81.5 Å². The Hall–Kier alpha value is -2.86. The minimum atomic E-state index is 0.0549. The summed E-state index contributed by atoms with van der Waals surface area (Å²) >= 11 is 0. The lowest BCUT2D eigenvalue weighted by atomic mass is 9.79. The molecule has 3 aromatic rings. The molecule has 6 heteroatoms. The van der Waals surface area contributed by atoms with Crippen LogP contribution in [0.15, 0.2) is 42.5 Å². The Balaban J connectivity index is 1.61. The number of benzene rings is 2. The number of nitrogens with zero attached hydrogens (tertiary/aromatic N) is 3. The zero-order chi connectivity index (χ0) is 21.7. The van der Waals surface area contributed by atoms with Crippen LogP contribution in [0.1, 0.15) is 40.5 Å². The van der Waals surface area contributed by atoms with Gasteiger partial charge in [-0.15, -0.1) is 10.2 Å². The molecule has 0 unspecified atom stereocenters. The van der Waals surface area contributed by atoms with Gasteiger partial charge in [-0.2, -0.15) is 0 Å². The molecule has 3 N–H and O–H groups in total. The van der Waals surface area contributed by atoms with E-state index in [1.807, 2.05) is 24.3 Å². The van der Waals surface area contributed by atoms with E-state index in [0.29, 0.717) is 17.3 Å². The van der Waals surface area contributed by atoms with Gasteiger partial charge in [-0.05, 0) is 87.7 Å². The fourth-order valence-electron chi connectivity index (χ4n) is 4.86. The normalized spacial score (nSPS) is 18.4. The number of rotatable bonds is 3. The zero-order valence-electron chi connectivity index (χ0n) is 18.3. The van der Waals surface area contributed by atoms with Gasteiger partial charge in [0.2, 0.25) is 0 Å². The molecule has 158 valence electrons. The minimum absolute atomic E-state index is 0.0549. The van der Waals surface area contributed by atoms with Gasteiger partial charge in [-0.3, -0.25) is 0 Å². The van der Waals surface area contributed by atoms with E-state index in [2.05, 4.69) is 55.2 Å². The molecule has 0 aliphatic carbocycles. The summed E-state index contributed by atoms with van der Waals surface area (Å²) in [6.45, 7) is 8.97. The average molecular weight is 407 g/mol. The van der Waals surface area contributed by atoms with Gasteiger partial charge in [0.25, 0.3) is 0 Å². The summed E-state index contributed by atoms with van der Waals surface area (Å²) in [5.41, 5.74) is 1.35. The SMILES string of the molecule is CN(c1ccc(-c2cc3ccc(O)cc3cc2O)nn1)C1CC(C)(C)NC(C)(C)C1. The molecule has 6 nitrogen and oxygen atoms in total. The molecule has 0 saturated carbocycles. The monoisotopic (exact) mass is 406 g/mol. The van der Waals surface area contributed by atoms with E-state index in [1.54, 1.807) is 18.2 Å². The summed E-state index contributed by atoms with van der Waals surface area (Å²) in [4.78, 5) is 2.21. The lowest BCUT2D eigenvalue weighted by Crippen LogP contribution is -2.62. The second kappa shape index (κ2) is 7.13. The molecule has 1 aliphatic rings.